The highest BCUT2D eigenvalue weighted by molar-refractivity contribution is 6.41. The molecule has 0 aliphatic heterocycles. The van der Waals surface area contributed by atoms with Crippen molar-refractivity contribution in [2.75, 3.05) is 0 Å². The van der Waals surface area contributed by atoms with E-state index >= 15 is 0 Å². The van der Waals surface area contributed by atoms with Gasteiger partial charge in [-0.15, -0.1) is 6.58 Å². The van der Waals surface area contributed by atoms with Gasteiger partial charge < -0.3 is 4.46 Å². The van der Waals surface area contributed by atoms with Gasteiger partial charge in [0.25, 0.3) is 8.68 Å². The molecule has 0 radical (unpaired) electrons. The Morgan fingerprint density at radius 3 is 2.50 bits per heavy atom. The molecule has 0 aliphatic carbocycles. The summed E-state index contributed by atoms with van der Waals surface area (Å²) in [6, 6.07) is 0.685. The summed E-state index contributed by atoms with van der Waals surface area (Å²) in [7, 11) is -1.25. The Morgan fingerprint density at radius 2 is 2.50 bits per heavy atom. The lowest BCUT2D eigenvalue weighted by atomic mass is 10.8. The smallest absolute Gasteiger partial charge is 0.277 e. The monoisotopic (exact) mass is 100 g/mol. The minimum absolute atomic E-state index is 0.685. The van der Waals surface area contributed by atoms with E-state index in [9.17, 15) is 4.46 Å². The SMILES string of the molecule is C=CC[Si](C)=O. The topological polar surface area (TPSA) is 17.1 Å². The highest BCUT2D eigenvalue weighted by Crippen LogP contribution is 1.78. The Hall–Kier alpha value is -0.243. The molecule has 0 aromatic carbocycles. The summed E-state index contributed by atoms with van der Waals surface area (Å²) in [4.78, 5) is 0. The van der Waals surface area contributed by atoms with Gasteiger partial charge in [-0.25, -0.2) is 0 Å². The van der Waals surface area contributed by atoms with Crippen LogP contribution in [0.1, 0.15) is 0 Å². The van der Waals surface area contributed by atoms with Gasteiger partial charge >= 0.3 is 0 Å². The molecule has 0 amide bonds. The molecular weight excluding hydrogens is 92.1 g/mol. The van der Waals surface area contributed by atoms with Gasteiger partial charge in [0.2, 0.25) is 0 Å². The van der Waals surface area contributed by atoms with Crippen LogP contribution in [0.5, 0.6) is 0 Å². The summed E-state index contributed by atoms with van der Waals surface area (Å²) in [5.41, 5.74) is 0. The van der Waals surface area contributed by atoms with Gasteiger partial charge in [-0.3, -0.25) is 0 Å². The van der Waals surface area contributed by atoms with Gasteiger partial charge in [0, 0.05) is 6.04 Å². The van der Waals surface area contributed by atoms with Crippen molar-refractivity contribution >= 4 is 8.68 Å². The molecule has 0 saturated heterocycles. The Labute approximate surface area is 39.3 Å². The molecule has 1 nitrogen and oxygen atoms in total. The van der Waals surface area contributed by atoms with Crippen LogP contribution in [-0.4, -0.2) is 8.68 Å². The number of rotatable bonds is 2. The van der Waals surface area contributed by atoms with E-state index in [0.717, 1.165) is 0 Å². The predicted octanol–water partition coefficient (Wildman–Crippen LogP) is 1.22. The van der Waals surface area contributed by atoms with Gasteiger partial charge in [-0.2, -0.15) is 0 Å². The first-order valence-electron chi connectivity index (χ1n) is 1.87. The van der Waals surface area contributed by atoms with Crippen LogP contribution < -0.4 is 0 Å². The standard InChI is InChI=1S/C4H8OSi/c1-3-4-6(2)5/h3H,1,4H2,2H3. The molecular formula is C4H8OSi. The molecule has 0 N–H and O–H groups in total. The Morgan fingerprint density at radius 1 is 2.00 bits per heavy atom. The van der Waals surface area contributed by atoms with Gasteiger partial charge in [0.1, 0.15) is 0 Å². The molecule has 2 heteroatoms. The van der Waals surface area contributed by atoms with Gasteiger partial charge in [0.15, 0.2) is 0 Å². The maximum Gasteiger partial charge on any atom is 0.277 e. The summed E-state index contributed by atoms with van der Waals surface area (Å²) in [5, 5.41) is 0. The van der Waals surface area contributed by atoms with Crippen LogP contribution in [0.4, 0.5) is 0 Å². The molecule has 0 spiro atoms. The normalized spacial score (nSPS) is 7.50. The Kier molecular flexibility index (Phi) is 2.85. The van der Waals surface area contributed by atoms with Crippen molar-refractivity contribution in [3.8, 4) is 0 Å². The summed E-state index contributed by atoms with van der Waals surface area (Å²) >= 11 is 0. The van der Waals surface area contributed by atoms with Crippen molar-refractivity contribution in [2.24, 2.45) is 0 Å². The van der Waals surface area contributed by atoms with E-state index in [1.807, 2.05) is 0 Å². The lowest BCUT2D eigenvalue weighted by Crippen LogP contribution is -1.84. The van der Waals surface area contributed by atoms with Crippen molar-refractivity contribution in [3.63, 3.8) is 0 Å². The zero-order valence-electron chi connectivity index (χ0n) is 3.90. The largest absolute Gasteiger partial charge is 0.388 e. The van der Waals surface area contributed by atoms with Crippen LogP contribution in [-0.2, 0) is 4.46 Å². The first-order valence-corrected chi connectivity index (χ1v) is 3.99. The second-order valence-corrected chi connectivity index (χ2v) is 3.01. The number of hydrogen-bond acceptors (Lipinski definition) is 1. The van der Waals surface area contributed by atoms with Crippen LogP contribution in [0.3, 0.4) is 0 Å². The molecule has 0 atom stereocenters. The average Bonchev–Trinajstić information content (AvgIpc) is 1.35. The molecule has 34 valence electrons. The van der Waals surface area contributed by atoms with Crippen molar-refractivity contribution in [3.05, 3.63) is 12.7 Å². The molecule has 0 bridgehead atoms. The minimum atomic E-state index is -1.25. The van der Waals surface area contributed by atoms with Crippen LogP contribution in [0.2, 0.25) is 12.6 Å². The maximum absolute atomic E-state index is 10.2. The van der Waals surface area contributed by atoms with E-state index in [0.29, 0.717) is 6.04 Å². The van der Waals surface area contributed by atoms with E-state index in [1.54, 1.807) is 12.6 Å². The third kappa shape index (κ3) is 3.76. The summed E-state index contributed by atoms with van der Waals surface area (Å²) in [6.07, 6.45) is 1.68. The minimum Gasteiger partial charge on any atom is -0.388 e. The molecule has 0 aliphatic rings. The summed E-state index contributed by atoms with van der Waals surface area (Å²) in [5.74, 6) is 0. The first-order chi connectivity index (χ1) is 2.77. The molecule has 6 heavy (non-hydrogen) atoms. The fraction of sp³-hybridized carbons (Fsp3) is 0.500. The van der Waals surface area contributed by atoms with Crippen molar-refractivity contribution in [2.45, 2.75) is 12.6 Å². The molecule has 0 aromatic heterocycles. The second-order valence-electron chi connectivity index (χ2n) is 1.19. The molecule has 0 fully saturated rings. The summed E-state index contributed by atoms with van der Waals surface area (Å²) in [6.45, 7) is 5.15. The molecule has 0 heterocycles. The lowest BCUT2D eigenvalue weighted by molar-refractivity contribution is 0.566. The van der Waals surface area contributed by atoms with E-state index in [4.69, 9.17) is 0 Å². The quantitative estimate of drug-likeness (QED) is 0.377. The fourth-order valence-corrected chi connectivity index (χ4v) is 0.610. The predicted molar refractivity (Wildman–Crippen MR) is 27.3 cm³/mol. The first kappa shape index (κ1) is 5.76. The molecule has 0 saturated carbocycles. The highest BCUT2D eigenvalue weighted by atomic mass is 28.3. The van der Waals surface area contributed by atoms with E-state index in [1.165, 1.54) is 0 Å². The number of allylic oxidation sites excluding steroid dienone is 1. The fourth-order valence-electron chi connectivity index (χ4n) is 0.203. The third-order valence-corrected chi connectivity index (χ3v) is 1.30. The van der Waals surface area contributed by atoms with Crippen LogP contribution in [0.25, 0.3) is 0 Å². The molecule has 0 aromatic rings. The van der Waals surface area contributed by atoms with E-state index in [-0.39, 0.29) is 0 Å². The van der Waals surface area contributed by atoms with Crippen molar-refractivity contribution in [1.82, 2.24) is 0 Å². The van der Waals surface area contributed by atoms with Crippen molar-refractivity contribution < 1.29 is 4.46 Å². The zero-order chi connectivity index (χ0) is 4.99. The Balaban J connectivity index is 3.05. The van der Waals surface area contributed by atoms with Crippen LogP contribution in [0, 0.1) is 0 Å². The lowest BCUT2D eigenvalue weighted by Gasteiger charge is -1.72. The van der Waals surface area contributed by atoms with Gasteiger partial charge in [0.05, 0.1) is 0 Å². The van der Waals surface area contributed by atoms with Crippen molar-refractivity contribution in [1.29, 1.82) is 0 Å². The highest BCUT2D eigenvalue weighted by Gasteiger charge is 1.85. The van der Waals surface area contributed by atoms with Gasteiger partial charge in [-0.1, -0.05) is 6.08 Å². The third-order valence-electron chi connectivity index (χ3n) is 0.432. The Bertz CT molecular complexity index is 67.9. The number of hydrogen-bond donors (Lipinski definition) is 0. The van der Waals surface area contributed by atoms with E-state index < -0.39 is 8.68 Å². The van der Waals surface area contributed by atoms with Gasteiger partial charge in [-0.05, 0) is 6.55 Å². The average molecular weight is 100 g/mol. The maximum atomic E-state index is 10.2. The van der Waals surface area contributed by atoms with Crippen LogP contribution >= 0.6 is 0 Å². The molecule has 0 unspecified atom stereocenters. The molecule has 0 rings (SSSR count). The zero-order valence-corrected chi connectivity index (χ0v) is 4.90. The van der Waals surface area contributed by atoms with E-state index in [2.05, 4.69) is 6.58 Å². The van der Waals surface area contributed by atoms with Crippen LogP contribution in [0.15, 0.2) is 12.7 Å². The second kappa shape index (κ2) is 2.97. The summed E-state index contributed by atoms with van der Waals surface area (Å²) < 4.78 is 10.2.